The van der Waals surface area contributed by atoms with E-state index in [9.17, 15) is 19.5 Å². The molecule has 0 amide bonds. The molecule has 0 aliphatic heterocycles. The standard InChI is InChI=1S/C18H17N3O4/c1-3-12-4-9-16(23)15(10-12)21-18(25)20(17(24)19-21)14-7-5-13(6-8-14)11(2)22/h4-10,23H,3H2,1-2H3,(H,19,24). The van der Waals surface area contributed by atoms with Gasteiger partial charge in [-0.05, 0) is 55.3 Å². The maximum atomic E-state index is 12.7. The highest BCUT2D eigenvalue weighted by Crippen LogP contribution is 2.21. The van der Waals surface area contributed by atoms with Crippen molar-refractivity contribution < 1.29 is 9.90 Å². The van der Waals surface area contributed by atoms with Gasteiger partial charge in [0.15, 0.2) is 5.78 Å². The third-order valence-corrected chi connectivity index (χ3v) is 4.01. The van der Waals surface area contributed by atoms with Crippen molar-refractivity contribution in [2.75, 3.05) is 0 Å². The maximum Gasteiger partial charge on any atom is 0.356 e. The van der Waals surface area contributed by atoms with Gasteiger partial charge in [0.05, 0.1) is 5.69 Å². The average Bonchev–Trinajstić information content (AvgIpc) is 2.90. The number of aromatic hydroxyl groups is 1. The lowest BCUT2D eigenvalue weighted by Gasteiger charge is -2.06. The molecule has 7 nitrogen and oxygen atoms in total. The number of ketones is 1. The molecule has 0 radical (unpaired) electrons. The van der Waals surface area contributed by atoms with Gasteiger partial charge >= 0.3 is 11.4 Å². The number of carbonyl (C=O) groups is 1. The number of phenols is 1. The molecule has 0 aliphatic carbocycles. The monoisotopic (exact) mass is 339 g/mol. The minimum Gasteiger partial charge on any atom is -0.506 e. The van der Waals surface area contributed by atoms with Gasteiger partial charge in [0.1, 0.15) is 11.4 Å². The van der Waals surface area contributed by atoms with Crippen LogP contribution in [0.4, 0.5) is 0 Å². The smallest absolute Gasteiger partial charge is 0.356 e. The predicted molar refractivity (Wildman–Crippen MR) is 93.0 cm³/mol. The SMILES string of the molecule is CCc1ccc(O)c(-n2[nH]c(=O)n(-c3ccc(C(C)=O)cc3)c2=O)c1. The Bertz CT molecular complexity index is 1060. The molecule has 0 aliphatic rings. The number of nitrogens with zero attached hydrogens (tertiary/aromatic N) is 2. The normalized spacial score (nSPS) is 10.8. The largest absolute Gasteiger partial charge is 0.506 e. The summed E-state index contributed by atoms with van der Waals surface area (Å²) >= 11 is 0. The number of nitrogens with one attached hydrogen (secondary N) is 1. The van der Waals surface area contributed by atoms with Gasteiger partial charge in [0.2, 0.25) is 0 Å². The first-order chi connectivity index (χ1) is 11.9. The summed E-state index contributed by atoms with van der Waals surface area (Å²) in [7, 11) is 0. The van der Waals surface area contributed by atoms with Crippen LogP contribution in [0.3, 0.4) is 0 Å². The number of rotatable bonds is 4. The average molecular weight is 339 g/mol. The highest BCUT2D eigenvalue weighted by molar-refractivity contribution is 5.94. The summed E-state index contributed by atoms with van der Waals surface area (Å²) in [5.74, 6) is -0.216. The molecule has 0 bridgehead atoms. The van der Waals surface area contributed by atoms with Crippen molar-refractivity contribution in [1.29, 1.82) is 0 Å². The first-order valence-corrected chi connectivity index (χ1v) is 7.80. The lowest BCUT2D eigenvalue weighted by Crippen LogP contribution is -2.26. The van der Waals surface area contributed by atoms with Crippen LogP contribution in [0.1, 0.15) is 29.8 Å². The first-order valence-electron chi connectivity index (χ1n) is 7.80. The first kappa shape index (κ1) is 16.5. The van der Waals surface area contributed by atoms with Gasteiger partial charge in [0.25, 0.3) is 0 Å². The van der Waals surface area contributed by atoms with E-state index < -0.39 is 11.4 Å². The quantitative estimate of drug-likeness (QED) is 0.708. The molecular formula is C18H17N3O4. The molecule has 0 fully saturated rings. The van der Waals surface area contributed by atoms with E-state index in [1.54, 1.807) is 24.3 Å². The summed E-state index contributed by atoms with van der Waals surface area (Å²) in [6.45, 7) is 3.39. The number of aromatic amines is 1. The van der Waals surface area contributed by atoms with E-state index in [2.05, 4.69) is 5.10 Å². The molecule has 1 heterocycles. The number of aryl methyl sites for hydroxylation is 1. The van der Waals surface area contributed by atoms with Crippen molar-refractivity contribution in [3.05, 3.63) is 74.6 Å². The van der Waals surface area contributed by atoms with E-state index in [4.69, 9.17) is 0 Å². The molecule has 2 aromatic carbocycles. The zero-order chi connectivity index (χ0) is 18.1. The lowest BCUT2D eigenvalue weighted by atomic mass is 10.1. The van der Waals surface area contributed by atoms with E-state index in [-0.39, 0.29) is 17.2 Å². The Balaban J connectivity index is 2.15. The zero-order valence-corrected chi connectivity index (χ0v) is 13.8. The molecule has 0 saturated heterocycles. The highest BCUT2D eigenvalue weighted by atomic mass is 16.3. The molecule has 2 N–H and O–H groups in total. The van der Waals surface area contributed by atoms with Gasteiger partial charge in [0, 0.05) is 5.56 Å². The van der Waals surface area contributed by atoms with Crippen LogP contribution in [0.25, 0.3) is 11.4 Å². The number of aromatic nitrogens is 3. The van der Waals surface area contributed by atoms with Gasteiger partial charge in [-0.3, -0.25) is 4.79 Å². The number of Topliss-reactive ketones (excluding diaryl/α,β-unsaturated/α-hetero) is 1. The maximum absolute atomic E-state index is 12.7. The Morgan fingerprint density at radius 2 is 1.80 bits per heavy atom. The van der Waals surface area contributed by atoms with Crippen molar-refractivity contribution in [3.63, 3.8) is 0 Å². The van der Waals surface area contributed by atoms with Gasteiger partial charge in [-0.2, -0.15) is 4.68 Å². The Hall–Kier alpha value is -3.35. The number of hydrogen-bond acceptors (Lipinski definition) is 4. The number of H-pyrrole nitrogens is 1. The molecule has 1 aromatic heterocycles. The molecule has 128 valence electrons. The second-order valence-electron chi connectivity index (χ2n) is 5.65. The molecule has 7 heteroatoms. The van der Waals surface area contributed by atoms with Gasteiger partial charge in [-0.25, -0.2) is 19.3 Å². The molecule has 3 aromatic rings. The predicted octanol–water partition coefficient (Wildman–Crippen LogP) is 1.79. The fraction of sp³-hybridized carbons (Fsp3) is 0.167. The zero-order valence-electron chi connectivity index (χ0n) is 13.8. The van der Waals surface area contributed by atoms with Gasteiger partial charge in [-0.1, -0.05) is 13.0 Å². The Morgan fingerprint density at radius 1 is 1.12 bits per heavy atom. The van der Waals surface area contributed by atoms with E-state index in [0.717, 1.165) is 21.2 Å². The van der Waals surface area contributed by atoms with E-state index in [0.29, 0.717) is 11.3 Å². The van der Waals surface area contributed by atoms with Crippen LogP contribution in [0.15, 0.2) is 52.1 Å². The summed E-state index contributed by atoms with van der Waals surface area (Å²) < 4.78 is 1.96. The number of carbonyl (C=O) groups excluding carboxylic acids is 1. The Kier molecular flexibility index (Phi) is 4.14. The molecule has 0 saturated carbocycles. The molecule has 0 atom stereocenters. The van der Waals surface area contributed by atoms with Crippen molar-refractivity contribution in [3.8, 4) is 17.1 Å². The van der Waals surface area contributed by atoms with Gasteiger partial charge in [-0.15, -0.1) is 0 Å². The molecule has 3 rings (SSSR count). The minimum atomic E-state index is -0.637. The van der Waals surface area contributed by atoms with Crippen LogP contribution in [-0.2, 0) is 6.42 Å². The van der Waals surface area contributed by atoms with E-state index in [1.807, 2.05) is 6.92 Å². The number of benzene rings is 2. The van der Waals surface area contributed by atoms with Crippen molar-refractivity contribution >= 4 is 5.78 Å². The van der Waals surface area contributed by atoms with Crippen molar-refractivity contribution in [2.45, 2.75) is 20.3 Å². The fourth-order valence-corrected chi connectivity index (χ4v) is 2.58. The second kappa shape index (κ2) is 6.27. The van der Waals surface area contributed by atoms with Crippen LogP contribution >= 0.6 is 0 Å². The molecule has 25 heavy (non-hydrogen) atoms. The topological polar surface area (TPSA) is 97.1 Å². The third-order valence-electron chi connectivity index (χ3n) is 4.01. The highest BCUT2D eigenvalue weighted by Gasteiger charge is 2.15. The number of hydrogen-bond donors (Lipinski definition) is 2. The summed E-state index contributed by atoms with van der Waals surface area (Å²) in [5, 5.41) is 12.5. The second-order valence-corrected chi connectivity index (χ2v) is 5.65. The van der Waals surface area contributed by atoms with E-state index >= 15 is 0 Å². The van der Waals surface area contributed by atoms with E-state index in [1.165, 1.54) is 25.1 Å². The van der Waals surface area contributed by atoms with Crippen LogP contribution in [0.2, 0.25) is 0 Å². The van der Waals surface area contributed by atoms with Crippen LogP contribution in [0, 0.1) is 0 Å². The van der Waals surface area contributed by atoms with Crippen LogP contribution < -0.4 is 11.4 Å². The summed E-state index contributed by atoms with van der Waals surface area (Å²) in [4.78, 5) is 36.3. The Labute approximate surface area is 142 Å². The summed E-state index contributed by atoms with van der Waals surface area (Å²) in [6.07, 6.45) is 0.722. The minimum absolute atomic E-state index is 0.105. The van der Waals surface area contributed by atoms with Crippen LogP contribution in [-0.4, -0.2) is 25.2 Å². The Morgan fingerprint density at radius 3 is 2.40 bits per heavy atom. The summed E-state index contributed by atoms with van der Waals surface area (Å²) in [6, 6.07) is 11.0. The van der Waals surface area contributed by atoms with Crippen molar-refractivity contribution in [1.82, 2.24) is 14.3 Å². The summed E-state index contributed by atoms with van der Waals surface area (Å²) in [5.41, 5.74) is 0.674. The van der Waals surface area contributed by atoms with Gasteiger partial charge < -0.3 is 5.11 Å². The van der Waals surface area contributed by atoms with Crippen LogP contribution in [0.5, 0.6) is 5.75 Å². The number of phenolic OH excluding ortho intramolecular Hbond substituents is 1. The molecule has 0 spiro atoms. The lowest BCUT2D eigenvalue weighted by molar-refractivity contribution is 0.101. The fourth-order valence-electron chi connectivity index (χ4n) is 2.58. The molecule has 0 unspecified atom stereocenters. The molecular weight excluding hydrogens is 322 g/mol. The van der Waals surface area contributed by atoms with Crippen molar-refractivity contribution in [2.24, 2.45) is 0 Å². The third kappa shape index (κ3) is 2.91.